The van der Waals surface area contributed by atoms with E-state index in [-0.39, 0.29) is 0 Å². The molecule has 0 radical (unpaired) electrons. The molecule has 0 fully saturated rings. The number of rotatable bonds is 8. The predicted octanol–water partition coefficient (Wildman–Crippen LogP) is 3.89. The summed E-state index contributed by atoms with van der Waals surface area (Å²) in [6.45, 7) is 5.08. The van der Waals surface area contributed by atoms with Gasteiger partial charge in [-0.25, -0.2) is 0 Å². The summed E-state index contributed by atoms with van der Waals surface area (Å²) >= 11 is 0. The zero-order valence-corrected chi connectivity index (χ0v) is 12.4. The number of allylic oxidation sites excluding steroid dienone is 1. The highest BCUT2D eigenvalue weighted by Crippen LogP contribution is 2.21. The second-order valence-electron chi connectivity index (χ2n) is 5.08. The fraction of sp³-hybridized carbons (Fsp3) is 0.263. The van der Waals surface area contributed by atoms with Crippen molar-refractivity contribution in [2.45, 2.75) is 25.8 Å². The third-order valence-electron chi connectivity index (χ3n) is 3.44. The van der Waals surface area contributed by atoms with Gasteiger partial charge in [-0.2, -0.15) is 0 Å². The molecule has 2 aromatic rings. The third-order valence-corrected chi connectivity index (χ3v) is 3.44. The van der Waals surface area contributed by atoms with E-state index < -0.39 is 0 Å². The van der Waals surface area contributed by atoms with Crippen LogP contribution in [0.25, 0.3) is 0 Å². The lowest BCUT2D eigenvalue weighted by molar-refractivity contribution is 0.308. The van der Waals surface area contributed by atoms with Gasteiger partial charge in [0.15, 0.2) is 0 Å². The van der Waals surface area contributed by atoms with Crippen molar-refractivity contribution in [1.82, 2.24) is 0 Å². The van der Waals surface area contributed by atoms with Crippen molar-refractivity contribution in [1.29, 1.82) is 0 Å². The van der Waals surface area contributed by atoms with Crippen LogP contribution < -0.4 is 10.5 Å². The van der Waals surface area contributed by atoms with Gasteiger partial charge in [0.25, 0.3) is 0 Å². The molecular weight excluding hydrogens is 258 g/mol. The Labute approximate surface area is 127 Å². The van der Waals surface area contributed by atoms with Crippen LogP contribution in [-0.4, -0.2) is 6.61 Å². The van der Waals surface area contributed by atoms with Crippen LogP contribution in [0.1, 0.15) is 23.1 Å². The summed E-state index contributed by atoms with van der Waals surface area (Å²) in [5.74, 6) is 0.945. The molecule has 0 aliphatic carbocycles. The van der Waals surface area contributed by atoms with Gasteiger partial charge in [0, 0.05) is 6.54 Å². The normalized spacial score (nSPS) is 10.3. The number of aryl methyl sites for hydroxylation is 1. The molecule has 0 saturated carbocycles. The van der Waals surface area contributed by atoms with Gasteiger partial charge in [-0.1, -0.05) is 48.5 Å². The zero-order chi connectivity index (χ0) is 14.9. The topological polar surface area (TPSA) is 35.2 Å². The van der Waals surface area contributed by atoms with Gasteiger partial charge in [-0.15, -0.1) is 6.58 Å². The maximum atomic E-state index is 5.92. The maximum Gasteiger partial charge on any atom is 0.122 e. The molecule has 2 aromatic carbocycles. The predicted molar refractivity (Wildman–Crippen MR) is 88.5 cm³/mol. The summed E-state index contributed by atoms with van der Waals surface area (Å²) < 4.78 is 5.92. The van der Waals surface area contributed by atoms with E-state index in [0.29, 0.717) is 6.54 Å². The average molecular weight is 281 g/mol. The Balaban J connectivity index is 1.88. The zero-order valence-electron chi connectivity index (χ0n) is 12.4. The van der Waals surface area contributed by atoms with E-state index in [1.54, 1.807) is 0 Å². The summed E-state index contributed by atoms with van der Waals surface area (Å²) in [5, 5.41) is 0. The first kappa shape index (κ1) is 15.3. The van der Waals surface area contributed by atoms with Gasteiger partial charge in [0.05, 0.1) is 6.61 Å². The van der Waals surface area contributed by atoms with E-state index in [1.807, 2.05) is 24.3 Å². The number of hydrogen-bond donors (Lipinski definition) is 1. The van der Waals surface area contributed by atoms with Crippen molar-refractivity contribution < 1.29 is 4.74 Å². The van der Waals surface area contributed by atoms with Crippen LogP contribution >= 0.6 is 0 Å². The Morgan fingerprint density at radius 3 is 2.57 bits per heavy atom. The van der Waals surface area contributed by atoms with E-state index in [4.69, 9.17) is 10.5 Å². The minimum absolute atomic E-state index is 0.554. The minimum Gasteiger partial charge on any atom is -0.493 e. The number of ether oxygens (including phenoxy) is 1. The van der Waals surface area contributed by atoms with Crippen LogP contribution in [0.2, 0.25) is 0 Å². The molecule has 0 saturated heterocycles. The summed E-state index contributed by atoms with van der Waals surface area (Å²) in [4.78, 5) is 0. The van der Waals surface area contributed by atoms with Gasteiger partial charge in [0.2, 0.25) is 0 Å². The summed E-state index contributed by atoms with van der Waals surface area (Å²) in [6.07, 6.45) is 4.75. The van der Waals surface area contributed by atoms with Gasteiger partial charge in [-0.3, -0.25) is 0 Å². The van der Waals surface area contributed by atoms with Crippen molar-refractivity contribution in [2.75, 3.05) is 6.61 Å². The van der Waals surface area contributed by atoms with Crippen LogP contribution in [0.5, 0.6) is 5.75 Å². The Bertz CT molecular complexity index is 563. The molecule has 0 unspecified atom stereocenters. The first-order chi connectivity index (χ1) is 10.3. The minimum atomic E-state index is 0.554. The number of benzene rings is 2. The monoisotopic (exact) mass is 281 g/mol. The lowest BCUT2D eigenvalue weighted by Crippen LogP contribution is -2.03. The van der Waals surface area contributed by atoms with Crippen molar-refractivity contribution >= 4 is 0 Å². The first-order valence-corrected chi connectivity index (χ1v) is 7.43. The molecule has 0 bridgehead atoms. The molecule has 0 amide bonds. The summed E-state index contributed by atoms with van der Waals surface area (Å²) in [5.41, 5.74) is 9.33. The molecule has 0 heterocycles. The molecule has 2 heteroatoms. The van der Waals surface area contributed by atoms with E-state index in [1.165, 1.54) is 5.56 Å². The lowest BCUT2D eigenvalue weighted by atomic mass is 10.1. The van der Waals surface area contributed by atoms with Crippen LogP contribution in [0, 0.1) is 0 Å². The molecule has 0 aliphatic rings. The molecule has 2 nitrogen and oxygen atoms in total. The quantitative estimate of drug-likeness (QED) is 0.588. The van der Waals surface area contributed by atoms with Crippen molar-refractivity contribution in [3.8, 4) is 5.75 Å². The highest BCUT2D eigenvalue weighted by atomic mass is 16.5. The SMILES string of the molecule is C=CCc1cc(CN)ccc1OCCCc1ccccc1. The van der Waals surface area contributed by atoms with Crippen LogP contribution in [0.4, 0.5) is 0 Å². The molecule has 0 aromatic heterocycles. The molecule has 110 valence electrons. The average Bonchev–Trinajstić information content (AvgIpc) is 2.54. The molecule has 0 atom stereocenters. The molecule has 0 aliphatic heterocycles. The third kappa shape index (κ3) is 4.76. The highest BCUT2D eigenvalue weighted by molar-refractivity contribution is 5.38. The Morgan fingerprint density at radius 2 is 1.86 bits per heavy atom. The van der Waals surface area contributed by atoms with Crippen LogP contribution in [0.15, 0.2) is 61.2 Å². The van der Waals surface area contributed by atoms with Crippen LogP contribution in [-0.2, 0) is 19.4 Å². The van der Waals surface area contributed by atoms with E-state index in [9.17, 15) is 0 Å². The summed E-state index contributed by atoms with van der Waals surface area (Å²) in [6, 6.07) is 16.6. The second kappa shape index (κ2) is 8.28. The van der Waals surface area contributed by atoms with E-state index in [2.05, 4.69) is 36.9 Å². The van der Waals surface area contributed by atoms with Crippen molar-refractivity contribution in [2.24, 2.45) is 5.73 Å². The number of nitrogens with two attached hydrogens (primary N) is 1. The fourth-order valence-corrected chi connectivity index (χ4v) is 2.32. The first-order valence-electron chi connectivity index (χ1n) is 7.43. The Kier molecular flexibility index (Phi) is 6.04. The van der Waals surface area contributed by atoms with Gasteiger partial charge < -0.3 is 10.5 Å². The van der Waals surface area contributed by atoms with Gasteiger partial charge >= 0.3 is 0 Å². The molecular formula is C19H23NO. The van der Waals surface area contributed by atoms with Gasteiger partial charge in [-0.05, 0) is 42.0 Å². The highest BCUT2D eigenvalue weighted by Gasteiger charge is 2.04. The van der Waals surface area contributed by atoms with Crippen molar-refractivity contribution in [3.05, 3.63) is 77.9 Å². The largest absolute Gasteiger partial charge is 0.493 e. The maximum absolute atomic E-state index is 5.92. The molecule has 2 N–H and O–H groups in total. The Hall–Kier alpha value is -2.06. The number of hydrogen-bond acceptors (Lipinski definition) is 2. The van der Waals surface area contributed by atoms with Crippen molar-refractivity contribution in [3.63, 3.8) is 0 Å². The fourth-order valence-electron chi connectivity index (χ4n) is 2.32. The second-order valence-corrected chi connectivity index (χ2v) is 5.08. The van der Waals surface area contributed by atoms with Crippen LogP contribution in [0.3, 0.4) is 0 Å². The van der Waals surface area contributed by atoms with E-state index in [0.717, 1.165) is 42.7 Å². The van der Waals surface area contributed by atoms with Gasteiger partial charge in [0.1, 0.15) is 5.75 Å². The van der Waals surface area contributed by atoms with E-state index >= 15 is 0 Å². The summed E-state index contributed by atoms with van der Waals surface area (Å²) in [7, 11) is 0. The lowest BCUT2D eigenvalue weighted by Gasteiger charge is -2.12. The smallest absolute Gasteiger partial charge is 0.122 e. The molecule has 21 heavy (non-hydrogen) atoms. The standard InChI is InChI=1S/C19H23NO/c1-2-7-18-14-17(15-20)11-12-19(18)21-13-6-10-16-8-4-3-5-9-16/h2-5,8-9,11-12,14H,1,6-7,10,13,15,20H2. The Morgan fingerprint density at radius 1 is 1.05 bits per heavy atom. The molecule has 0 spiro atoms. The molecule has 2 rings (SSSR count).